The predicted molar refractivity (Wildman–Crippen MR) is 112 cm³/mol. The number of nitrogens with two attached hydrogens (primary N) is 1. The number of carbonyl (C=O) groups excluding carboxylic acids is 2. The van der Waals surface area contributed by atoms with Crippen molar-refractivity contribution in [2.75, 3.05) is 38.2 Å². The topological polar surface area (TPSA) is 96.1 Å². The summed E-state index contributed by atoms with van der Waals surface area (Å²) in [5, 5.41) is 9.69. The van der Waals surface area contributed by atoms with Gasteiger partial charge in [0, 0.05) is 43.0 Å². The minimum absolute atomic E-state index is 0.0206. The van der Waals surface area contributed by atoms with Gasteiger partial charge >= 0.3 is 0 Å². The molecular formula is C22H25N3O4. The van der Waals surface area contributed by atoms with Gasteiger partial charge in [-0.3, -0.25) is 9.59 Å². The minimum atomic E-state index is -0.546. The zero-order valence-electron chi connectivity index (χ0n) is 16.4. The SMILES string of the molecule is C=C(C(N)=O)c1ccccc1N1CCN(C(=O)Cc2ccc(O)c(OC)c2)CC1. The highest BCUT2D eigenvalue weighted by molar-refractivity contribution is 6.19. The van der Waals surface area contributed by atoms with Crippen LogP contribution in [0.5, 0.6) is 11.5 Å². The van der Waals surface area contributed by atoms with Crippen LogP contribution in [0.4, 0.5) is 5.69 Å². The molecule has 1 fully saturated rings. The Morgan fingerprint density at radius 1 is 1.14 bits per heavy atom. The Kier molecular flexibility index (Phi) is 6.07. The van der Waals surface area contributed by atoms with Crippen LogP contribution < -0.4 is 15.4 Å². The number of ether oxygens (including phenoxy) is 1. The van der Waals surface area contributed by atoms with Crippen LogP contribution in [0.3, 0.4) is 0 Å². The number of rotatable bonds is 6. The van der Waals surface area contributed by atoms with E-state index in [0.717, 1.165) is 16.8 Å². The van der Waals surface area contributed by atoms with E-state index in [0.29, 0.717) is 31.9 Å². The van der Waals surface area contributed by atoms with E-state index < -0.39 is 5.91 Å². The molecule has 29 heavy (non-hydrogen) atoms. The number of hydrogen-bond acceptors (Lipinski definition) is 5. The van der Waals surface area contributed by atoms with Crippen molar-refractivity contribution < 1.29 is 19.4 Å². The summed E-state index contributed by atoms with van der Waals surface area (Å²) in [4.78, 5) is 28.2. The summed E-state index contributed by atoms with van der Waals surface area (Å²) >= 11 is 0. The fraction of sp³-hybridized carbons (Fsp3) is 0.273. The quantitative estimate of drug-likeness (QED) is 0.727. The van der Waals surface area contributed by atoms with E-state index in [4.69, 9.17) is 10.5 Å². The van der Waals surface area contributed by atoms with Gasteiger partial charge < -0.3 is 25.4 Å². The van der Waals surface area contributed by atoms with E-state index in [2.05, 4.69) is 11.5 Å². The molecule has 1 heterocycles. The first kappa shape index (κ1) is 20.3. The maximum atomic E-state index is 12.7. The first-order valence-electron chi connectivity index (χ1n) is 9.37. The van der Waals surface area contributed by atoms with Gasteiger partial charge in [-0.25, -0.2) is 0 Å². The van der Waals surface area contributed by atoms with Gasteiger partial charge in [0.2, 0.25) is 11.8 Å². The number of piperazine rings is 1. The molecule has 0 bridgehead atoms. The van der Waals surface area contributed by atoms with Gasteiger partial charge in [0.25, 0.3) is 0 Å². The van der Waals surface area contributed by atoms with Crippen LogP contribution in [0.25, 0.3) is 5.57 Å². The van der Waals surface area contributed by atoms with Gasteiger partial charge in [0.1, 0.15) is 0 Å². The van der Waals surface area contributed by atoms with Crippen molar-refractivity contribution >= 4 is 23.1 Å². The molecule has 2 aromatic rings. The smallest absolute Gasteiger partial charge is 0.248 e. The van der Waals surface area contributed by atoms with E-state index >= 15 is 0 Å². The zero-order valence-corrected chi connectivity index (χ0v) is 16.4. The molecule has 0 aromatic heterocycles. The van der Waals surface area contributed by atoms with Gasteiger partial charge in [-0.2, -0.15) is 0 Å². The van der Waals surface area contributed by atoms with E-state index in [1.165, 1.54) is 13.2 Å². The number of benzene rings is 2. The van der Waals surface area contributed by atoms with E-state index in [1.807, 2.05) is 29.2 Å². The first-order chi connectivity index (χ1) is 13.9. The third-order valence-electron chi connectivity index (χ3n) is 5.10. The molecule has 152 valence electrons. The average molecular weight is 395 g/mol. The van der Waals surface area contributed by atoms with Crippen molar-refractivity contribution in [2.45, 2.75) is 6.42 Å². The molecule has 0 aliphatic carbocycles. The lowest BCUT2D eigenvalue weighted by Crippen LogP contribution is -2.49. The fourth-order valence-corrected chi connectivity index (χ4v) is 3.45. The average Bonchev–Trinajstić information content (AvgIpc) is 2.74. The van der Waals surface area contributed by atoms with Crippen LogP contribution >= 0.6 is 0 Å². The van der Waals surface area contributed by atoms with Crippen LogP contribution in [0.15, 0.2) is 49.0 Å². The Labute approximate surface area is 170 Å². The van der Waals surface area contributed by atoms with Crippen molar-refractivity contribution in [3.63, 3.8) is 0 Å². The van der Waals surface area contributed by atoms with Crippen LogP contribution in [0, 0.1) is 0 Å². The number of nitrogens with zero attached hydrogens (tertiary/aromatic N) is 2. The Hall–Kier alpha value is -3.48. The molecule has 1 saturated heterocycles. The molecule has 0 atom stereocenters. The normalized spacial score (nSPS) is 13.8. The number of primary amides is 1. The zero-order chi connectivity index (χ0) is 21.0. The molecule has 0 spiro atoms. The Morgan fingerprint density at radius 2 is 1.83 bits per heavy atom. The second-order valence-corrected chi connectivity index (χ2v) is 6.91. The lowest BCUT2D eigenvalue weighted by atomic mass is 10.0. The molecular weight excluding hydrogens is 370 g/mol. The van der Waals surface area contributed by atoms with E-state index in [9.17, 15) is 14.7 Å². The molecule has 2 amide bonds. The van der Waals surface area contributed by atoms with Gasteiger partial charge in [-0.05, 0) is 23.8 Å². The third kappa shape index (κ3) is 4.51. The number of phenolic OH excluding ortho intramolecular Hbond substituents is 1. The highest BCUT2D eigenvalue weighted by Gasteiger charge is 2.24. The third-order valence-corrected chi connectivity index (χ3v) is 5.10. The molecule has 3 N–H and O–H groups in total. The highest BCUT2D eigenvalue weighted by atomic mass is 16.5. The van der Waals surface area contributed by atoms with Gasteiger partial charge in [0.05, 0.1) is 13.5 Å². The lowest BCUT2D eigenvalue weighted by molar-refractivity contribution is -0.130. The number of amides is 2. The summed E-state index contributed by atoms with van der Waals surface area (Å²) in [6, 6.07) is 12.4. The van der Waals surface area contributed by atoms with Gasteiger partial charge in [-0.15, -0.1) is 0 Å². The summed E-state index contributed by atoms with van der Waals surface area (Å²) in [5.74, 6) is -0.122. The fourth-order valence-electron chi connectivity index (χ4n) is 3.45. The van der Waals surface area contributed by atoms with Crippen LogP contribution in [-0.4, -0.2) is 55.1 Å². The molecule has 0 radical (unpaired) electrons. The molecule has 7 heteroatoms. The van der Waals surface area contributed by atoms with Gasteiger partial charge in [0.15, 0.2) is 11.5 Å². The second kappa shape index (κ2) is 8.68. The van der Waals surface area contributed by atoms with Gasteiger partial charge in [-0.1, -0.05) is 30.8 Å². The van der Waals surface area contributed by atoms with Crippen molar-refractivity contribution in [3.05, 3.63) is 60.2 Å². The lowest BCUT2D eigenvalue weighted by Gasteiger charge is -2.37. The predicted octanol–water partition coefficient (Wildman–Crippen LogP) is 1.79. The van der Waals surface area contributed by atoms with Crippen molar-refractivity contribution in [3.8, 4) is 11.5 Å². The number of anilines is 1. The molecule has 1 aliphatic rings. The molecule has 0 saturated carbocycles. The molecule has 3 rings (SSSR count). The summed E-state index contributed by atoms with van der Waals surface area (Å²) in [6.07, 6.45) is 0.242. The molecule has 7 nitrogen and oxygen atoms in total. The maximum absolute atomic E-state index is 12.7. The Balaban J connectivity index is 1.65. The Morgan fingerprint density at radius 3 is 2.48 bits per heavy atom. The molecule has 2 aromatic carbocycles. The monoisotopic (exact) mass is 395 g/mol. The minimum Gasteiger partial charge on any atom is -0.504 e. The molecule has 1 aliphatic heterocycles. The second-order valence-electron chi connectivity index (χ2n) is 6.91. The van der Waals surface area contributed by atoms with E-state index in [1.54, 1.807) is 12.1 Å². The highest BCUT2D eigenvalue weighted by Crippen LogP contribution is 2.28. The summed E-state index contributed by atoms with van der Waals surface area (Å²) in [6.45, 7) is 6.24. The van der Waals surface area contributed by atoms with Crippen LogP contribution in [0.2, 0.25) is 0 Å². The van der Waals surface area contributed by atoms with Crippen LogP contribution in [0.1, 0.15) is 11.1 Å². The van der Waals surface area contributed by atoms with E-state index in [-0.39, 0.29) is 23.7 Å². The number of phenols is 1. The summed E-state index contributed by atoms with van der Waals surface area (Å²) in [7, 11) is 1.48. The molecule has 0 unspecified atom stereocenters. The number of carbonyl (C=O) groups is 2. The Bertz CT molecular complexity index is 933. The summed E-state index contributed by atoms with van der Waals surface area (Å²) < 4.78 is 5.10. The number of methoxy groups -OCH3 is 1. The summed E-state index contributed by atoms with van der Waals surface area (Å²) in [5.41, 5.74) is 8.08. The van der Waals surface area contributed by atoms with Crippen molar-refractivity contribution in [1.29, 1.82) is 0 Å². The van der Waals surface area contributed by atoms with Crippen molar-refractivity contribution in [2.24, 2.45) is 5.73 Å². The van der Waals surface area contributed by atoms with Crippen molar-refractivity contribution in [1.82, 2.24) is 4.90 Å². The number of hydrogen-bond donors (Lipinski definition) is 2. The largest absolute Gasteiger partial charge is 0.504 e. The standard InChI is InChI=1S/C22H25N3O4/c1-15(22(23)28)17-5-3-4-6-18(17)24-9-11-25(12-10-24)21(27)14-16-7-8-19(26)20(13-16)29-2/h3-8,13,26H,1,9-12,14H2,2H3,(H2,23,28). The number of aromatic hydroxyl groups is 1. The first-order valence-corrected chi connectivity index (χ1v) is 9.37. The maximum Gasteiger partial charge on any atom is 0.248 e. The number of para-hydroxylation sites is 1. The van der Waals surface area contributed by atoms with Crippen LogP contribution in [-0.2, 0) is 16.0 Å².